The number of aliphatic hydroxyl groups excluding tert-OH is 1. The fraction of sp³-hybridized carbons (Fsp3) is 0.444. The first-order valence-corrected chi connectivity index (χ1v) is 12.5. The molecule has 7 heteroatoms. The maximum Gasteiger partial charge on any atom is 0.230 e. The molecule has 0 amide bonds. The number of benzene rings is 1. The van der Waals surface area contributed by atoms with E-state index < -0.39 is 0 Å². The predicted molar refractivity (Wildman–Crippen MR) is 135 cm³/mol. The number of hydrogen-bond acceptors (Lipinski definition) is 6. The molecule has 1 aliphatic heterocycles. The number of pyridine rings is 1. The summed E-state index contributed by atoms with van der Waals surface area (Å²) in [4.78, 5) is 16.6. The van der Waals surface area contributed by atoms with Gasteiger partial charge in [-0.2, -0.15) is 4.98 Å². The molecule has 1 aromatic carbocycles. The van der Waals surface area contributed by atoms with E-state index in [1.807, 2.05) is 12.4 Å². The molecule has 0 unspecified atom stereocenters. The first-order chi connectivity index (χ1) is 16.7. The minimum atomic E-state index is 0.188. The first-order valence-electron chi connectivity index (χ1n) is 12.5. The average Bonchev–Trinajstić information content (AvgIpc) is 3.18. The standard InChI is InChI=1S/C27H32N6O/c1-18-6-8-21(9-7-18)33-24-5-3-2-4-22(24)23-16-29-27(31-26(23)33)30-25-14-20-17-32(12-13-34)11-10-19(20)15-28-25/h2-5,14-16,18,21,34H,6-13,17H2,1H3,(H,28,29,30,31). The summed E-state index contributed by atoms with van der Waals surface area (Å²) in [5, 5.41) is 15.0. The van der Waals surface area contributed by atoms with Crippen LogP contribution in [0.25, 0.3) is 21.9 Å². The van der Waals surface area contributed by atoms with Gasteiger partial charge in [0.25, 0.3) is 0 Å². The molecule has 1 aliphatic carbocycles. The largest absolute Gasteiger partial charge is 0.395 e. The van der Waals surface area contributed by atoms with E-state index in [1.54, 1.807) is 0 Å². The molecule has 3 aromatic heterocycles. The quantitative estimate of drug-likeness (QED) is 0.448. The van der Waals surface area contributed by atoms with Crippen LogP contribution in [0.3, 0.4) is 0 Å². The van der Waals surface area contributed by atoms with E-state index in [4.69, 9.17) is 4.98 Å². The molecule has 2 N–H and O–H groups in total. The van der Waals surface area contributed by atoms with Gasteiger partial charge in [-0.15, -0.1) is 0 Å². The van der Waals surface area contributed by atoms with Gasteiger partial charge in [0.1, 0.15) is 11.5 Å². The Morgan fingerprint density at radius 1 is 1.03 bits per heavy atom. The number of para-hydroxylation sites is 1. The SMILES string of the molecule is CC1CCC(n2c3ccccc3c3cnc(Nc4cc5c(cn4)CCN(CCO)C5)nc32)CC1. The van der Waals surface area contributed by atoms with Crippen LogP contribution in [-0.4, -0.2) is 49.2 Å². The molecule has 0 bridgehead atoms. The van der Waals surface area contributed by atoms with Crippen LogP contribution in [0.1, 0.15) is 49.8 Å². The zero-order chi connectivity index (χ0) is 23.1. The van der Waals surface area contributed by atoms with Gasteiger partial charge < -0.3 is 15.0 Å². The van der Waals surface area contributed by atoms with Gasteiger partial charge in [-0.25, -0.2) is 9.97 Å². The third-order valence-electron chi connectivity index (χ3n) is 7.63. The molecule has 0 atom stereocenters. The Labute approximate surface area is 199 Å². The summed E-state index contributed by atoms with van der Waals surface area (Å²) < 4.78 is 2.45. The number of nitrogens with zero attached hydrogens (tertiary/aromatic N) is 5. The number of aromatic nitrogens is 4. The molecule has 4 aromatic rings. The Balaban J connectivity index is 1.35. The van der Waals surface area contributed by atoms with Crippen molar-refractivity contribution < 1.29 is 5.11 Å². The second kappa shape index (κ2) is 8.96. The lowest BCUT2D eigenvalue weighted by molar-refractivity contribution is 0.184. The van der Waals surface area contributed by atoms with Gasteiger partial charge in [-0.3, -0.25) is 4.90 Å². The van der Waals surface area contributed by atoms with Crippen LogP contribution < -0.4 is 5.32 Å². The lowest BCUT2D eigenvalue weighted by atomic mass is 9.87. The monoisotopic (exact) mass is 456 g/mol. The number of β-amino-alcohol motifs (C(OH)–C–C–N with tert-alkyl or cyclic N) is 1. The van der Waals surface area contributed by atoms with Gasteiger partial charge in [0, 0.05) is 48.8 Å². The number of anilines is 2. The van der Waals surface area contributed by atoms with Gasteiger partial charge in [-0.05, 0) is 61.3 Å². The van der Waals surface area contributed by atoms with Crippen LogP contribution in [0.4, 0.5) is 11.8 Å². The maximum atomic E-state index is 9.30. The van der Waals surface area contributed by atoms with Crippen molar-refractivity contribution in [2.75, 3.05) is 25.0 Å². The molecule has 176 valence electrons. The highest BCUT2D eigenvalue weighted by Gasteiger charge is 2.24. The highest BCUT2D eigenvalue weighted by molar-refractivity contribution is 6.06. The molecule has 4 heterocycles. The zero-order valence-corrected chi connectivity index (χ0v) is 19.7. The minimum Gasteiger partial charge on any atom is -0.395 e. The fourth-order valence-electron chi connectivity index (χ4n) is 5.71. The van der Waals surface area contributed by atoms with Gasteiger partial charge in [0.05, 0.1) is 12.1 Å². The van der Waals surface area contributed by atoms with Crippen molar-refractivity contribution in [1.82, 2.24) is 24.4 Å². The van der Waals surface area contributed by atoms with Crippen molar-refractivity contribution in [3.63, 3.8) is 0 Å². The molecule has 1 saturated carbocycles. The molecule has 7 nitrogen and oxygen atoms in total. The summed E-state index contributed by atoms with van der Waals surface area (Å²) in [6.45, 7) is 5.05. The second-order valence-corrected chi connectivity index (χ2v) is 9.94. The topological polar surface area (TPSA) is 79.1 Å². The molecular weight excluding hydrogens is 424 g/mol. The second-order valence-electron chi connectivity index (χ2n) is 9.94. The summed E-state index contributed by atoms with van der Waals surface area (Å²) in [6.07, 6.45) is 9.80. The smallest absolute Gasteiger partial charge is 0.230 e. The molecular formula is C27H32N6O. The van der Waals surface area contributed by atoms with Crippen LogP contribution >= 0.6 is 0 Å². The lowest BCUT2D eigenvalue weighted by Gasteiger charge is -2.28. The third kappa shape index (κ3) is 3.93. The van der Waals surface area contributed by atoms with E-state index in [0.717, 1.165) is 42.3 Å². The van der Waals surface area contributed by atoms with E-state index in [2.05, 4.69) is 62.0 Å². The minimum absolute atomic E-state index is 0.188. The van der Waals surface area contributed by atoms with Gasteiger partial charge in [0.15, 0.2) is 0 Å². The molecule has 0 saturated heterocycles. The number of rotatable bonds is 5. The van der Waals surface area contributed by atoms with Crippen molar-refractivity contribution in [2.45, 2.75) is 51.6 Å². The number of aliphatic hydroxyl groups is 1. The summed E-state index contributed by atoms with van der Waals surface area (Å²) in [7, 11) is 0. The van der Waals surface area contributed by atoms with Crippen molar-refractivity contribution in [2.24, 2.45) is 5.92 Å². The van der Waals surface area contributed by atoms with Gasteiger partial charge in [0.2, 0.25) is 5.95 Å². The van der Waals surface area contributed by atoms with E-state index in [9.17, 15) is 5.11 Å². The number of hydrogen-bond donors (Lipinski definition) is 2. The third-order valence-corrected chi connectivity index (χ3v) is 7.63. The van der Waals surface area contributed by atoms with Crippen LogP contribution in [0.15, 0.2) is 42.7 Å². The maximum absolute atomic E-state index is 9.30. The van der Waals surface area contributed by atoms with Crippen molar-refractivity contribution in [1.29, 1.82) is 0 Å². The van der Waals surface area contributed by atoms with Gasteiger partial charge >= 0.3 is 0 Å². The normalized spacial score (nSPS) is 21.1. The molecule has 2 aliphatic rings. The van der Waals surface area contributed by atoms with E-state index >= 15 is 0 Å². The van der Waals surface area contributed by atoms with Crippen molar-refractivity contribution in [3.05, 3.63) is 53.9 Å². The Bertz CT molecular complexity index is 1320. The first kappa shape index (κ1) is 21.5. The molecule has 34 heavy (non-hydrogen) atoms. The van der Waals surface area contributed by atoms with E-state index in [-0.39, 0.29) is 6.61 Å². The molecule has 0 radical (unpaired) electrons. The highest BCUT2D eigenvalue weighted by atomic mass is 16.3. The van der Waals surface area contributed by atoms with Crippen LogP contribution in [0.5, 0.6) is 0 Å². The molecule has 1 fully saturated rings. The number of nitrogens with one attached hydrogen (secondary N) is 1. The highest BCUT2D eigenvalue weighted by Crippen LogP contribution is 2.38. The Morgan fingerprint density at radius 3 is 2.74 bits per heavy atom. The van der Waals surface area contributed by atoms with E-state index in [1.165, 1.54) is 47.7 Å². The van der Waals surface area contributed by atoms with Crippen LogP contribution in [0.2, 0.25) is 0 Å². The van der Waals surface area contributed by atoms with Gasteiger partial charge in [-0.1, -0.05) is 25.1 Å². The average molecular weight is 457 g/mol. The van der Waals surface area contributed by atoms with Crippen LogP contribution in [-0.2, 0) is 13.0 Å². The summed E-state index contributed by atoms with van der Waals surface area (Å²) in [5.41, 5.74) is 4.79. The molecule has 6 rings (SSSR count). The van der Waals surface area contributed by atoms with Crippen molar-refractivity contribution in [3.8, 4) is 0 Å². The Kier molecular flexibility index (Phi) is 5.67. The van der Waals surface area contributed by atoms with Crippen molar-refractivity contribution >= 4 is 33.7 Å². The summed E-state index contributed by atoms with van der Waals surface area (Å²) in [6, 6.07) is 11.2. The Hall–Kier alpha value is -3.03. The summed E-state index contributed by atoms with van der Waals surface area (Å²) in [5.74, 6) is 2.15. The fourth-order valence-corrected chi connectivity index (χ4v) is 5.71. The van der Waals surface area contributed by atoms with E-state index in [0.29, 0.717) is 18.5 Å². The lowest BCUT2D eigenvalue weighted by Crippen LogP contribution is -2.32. The number of fused-ring (bicyclic) bond motifs is 4. The Morgan fingerprint density at radius 2 is 1.88 bits per heavy atom. The predicted octanol–water partition coefficient (Wildman–Crippen LogP) is 4.82. The summed E-state index contributed by atoms with van der Waals surface area (Å²) >= 11 is 0. The molecule has 0 spiro atoms. The zero-order valence-electron chi connectivity index (χ0n) is 19.7. The van der Waals surface area contributed by atoms with Crippen LogP contribution in [0, 0.1) is 5.92 Å².